The second-order valence-electron chi connectivity index (χ2n) is 3.83. The highest BCUT2D eigenvalue weighted by Crippen LogP contribution is 2.30. The lowest BCUT2D eigenvalue weighted by Crippen LogP contribution is -2.40. The van der Waals surface area contributed by atoms with Crippen molar-refractivity contribution >= 4 is 27.5 Å². The molecule has 1 unspecified atom stereocenters. The number of hydrogen-bond acceptors (Lipinski definition) is 5. The Balaban J connectivity index is 2.93. The highest BCUT2D eigenvalue weighted by atomic mass is 79.9. The lowest BCUT2D eigenvalue weighted by atomic mass is 10.1. The smallest absolute Gasteiger partial charge is 0.402 e. The molecule has 0 aliphatic rings. The van der Waals surface area contributed by atoms with E-state index in [4.69, 9.17) is 15.7 Å². The fourth-order valence-electron chi connectivity index (χ4n) is 1.33. The van der Waals surface area contributed by atoms with Crippen molar-refractivity contribution in [2.45, 2.75) is 6.18 Å². The average Bonchev–Trinajstić information content (AvgIpc) is 2.36. The summed E-state index contributed by atoms with van der Waals surface area (Å²) in [6.45, 7) is -0.979. The summed E-state index contributed by atoms with van der Waals surface area (Å²) in [6, 6.07) is 3.38. The van der Waals surface area contributed by atoms with Crippen LogP contribution >= 0.6 is 15.9 Å². The van der Waals surface area contributed by atoms with E-state index in [9.17, 15) is 23.3 Å². The molecule has 0 heterocycles. The zero-order valence-electron chi connectivity index (χ0n) is 10.2. The number of alkyl halides is 3. The molecule has 0 aliphatic carbocycles. The third-order valence-electron chi connectivity index (χ3n) is 2.35. The van der Waals surface area contributed by atoms with E-state index in [-0.39, 0.29) is 15.9 Å². The van der Waals surface area contributed by atoms with Crippen LogP contribution in [0, 0.1) is 16.0 Å². The fraction of sp³-hybridized carbons (Fsp3) is 0.300. The predicted octanol–water partition coefficient (Wildman–Crippen LogP) is 2.66. The maximum Gasteiger partial charge on any atom is 0.402 e. The number of nitrogens with two attached hydrogens (primary N) is 1. The van der Waals surface area contributed by atoms with E-state index in [0.29, 0.717) is 0 Å². The number of benzene rings is 1. The molecule has 1 atom stereocenters. The fourth-order valence-corrected chi connectivity index (χ4v) is 1.79. The summed E-state index contributed by atoms with van der Waals surface area (Å²) < 4.78 is 43.2. The highest BCUT2D eigenvalue weighted by molar-refractivity contribution is 9.10. The van der Waals surface area contributed by atoms with Crippen LogP contribution in [0.1, 0.15) is 0 Å². The quantitative estimate of drug-likeness (QED) is 0.271. The molecule has 3 N–H and O–H groups in total. The van der Waals surface area contributed by atoms with Gasteiger partial charge in [-0.05, 0) is 6.07 Å². The van der Waals surface area contributed by atoms with Crippen molar-refractivity contribution in [1.82, 2.24) is 0 Å². The summed E-state index contributed by atoms with van der Waals surface area (Å²) >= 11 is 2.98. The molecule has 0 aromatic heterocycles. The third-order valence-corrected chi connectivity index (χ3v) is 2.81. The number of rotatable bonds is 5. The Bertz CT molecular complexity index is 565. The van der Waals surface area contributed by atoms with Crippen LogP contribution in [0.15, 0.2) is 27.8 Å². The molecule has 0 fully saturated rings. The lowest BCUT2D eigenvalue weighted by molar-refractivity contribution is -0.385. The van der Waals surface area contributed by atoms with Crippen LogP contribution in [0.3, 0.4) is 0 Å². The summed E-state index contributed by atoms with van der Waals surface area (Å²) in [5.41, 5.74) is 4.60. The van der Waals surface area contributed by atoms with Crippen molar-refractivity contribution in [3.8, 4) is 5.75 Å². The number of non-ortho nitro benzene ring substituents is 1. The van der Waals surface area contributed by atoms with Gasteiger partial charge in [0.25, 0.3) is 5.69 Å². The minimum Gasteiger partial charge on any atom is -0.492 e. The number of ether oxygens (including phenoxy) is 1. The molecule has 0 amide bonds. The number of nitro benzene ring substituents is 1. The standard InChI is InChI=1S/C10H9BrF3N3O4/c11-5-1-6(17(19)20)3-7(2-5)21-4-8(9(15)16-18)10(12,13)14/h1-3,8,18H,4H2,(H2,15,16). The predicted molar refractivity (Wildman–Crippen MR) is 69.2 cm³/mol. The van der Waals surface area contributed by atoms with Gasteiger partial charge in [-0.2, -0.15) is 13.2 Å². The largest absolute Gasteiger partial charge is 0.492 e. The van der Waals surface area contributed by atoms with Gasteiger partial charge in [-0.1, -0.05) is 21.1 Å². The Kier molecular flexibility index (Phi) is 5.35. The van der Waals surface area contributed by atoms with E-state index in [1.165, 1.54) is 6.07 Å². The number of nitrogens with zero attached hydrogens (tertiary/aromatic N) is 2. The molecule has 0 saturated heterocycles. The molecule has 116 valence electrons. The van der Waals surface area contributed by atoms with E-state index in [2.05, 4.69) is 21.1 Å². The first-order valence-electron chi connectivity index (χ1n) is 5.27. The minimum atomic E-state index is -4.78. The lowest BCUT2D eigenvalue weighted by Gasteiger charge is -2.19. The molecular formula is C10H9BrF3N3O4. The molecule has 21 heavy (non-hydrogen) atoms. The molecule has 1 rings (SSSR count). The van der Waals surface area contributed by atoms with Gasteiger partial charge in [0.05, 0.1) is 11.0 Å². The van der Waals surface area contributed by atoms with Crippen LogP contribution in [-0.2, 0) is 0 Å². The van der Waals surface area contributed by atoms with Crippen LogP contribution in [0.25, 0.3) is 0 Å². The number of nitro groups is 1. The zero-order valence-corrected chi connectivity index (χ0v) is 11.8. The van der Waals surface area contributed by atoms with Gasteiger partial charge in [0.1, 0.15) is 18.3 Å². The maximum absolute atomic E-state index is 12.7. The van der Waals surface area contributed by atoms with Gasteiger partial charge in [0.2, 0.25) is 0 Å². The molecule has 7 nitrogen and oxygen atoms in total. The SMILES string of the molecule is N/C(=N/O)C(COc1cc(Br)cc([N+](=O)[O-])c1)C(F)(F)F. The van der Waals surface area contributed by atoms with Crippen LogP contribution in [0.4, 0.5) is 18.9 Å². The van der Waals surface area contributed by atoms with Crippen molar-refractivity contribution in [3.05, 3.63) is 32.8 Å². The minimum absolute atomic E-state index is 0.156. The van der Waals surface area contributed by atoms with Crippen molar-refractivity contribution in [2.75, 3.05) is 6.61 Å². The van der Waals surface area contributed by atoms with Crippen LogP contribution in [0.2, 0.25) is 0 Å². The Morgan fingerprint density at radius 3 is 2.62 bits per heavy atom. The first-order chi connectivity index (χ1) is 9.65. The molecule has 11 heteroatoms. The third kappa shape index (κ3) is 4.77. The highest BCUT2D eigenvalue weighted by Gasteiger charge is 2.43. The molecule has 1 aromatic carbocycles. The second kappa shape index (κ2) is 6.61. The van der Waals surface area contributed by atoms with Crippen LogP contribution in [0.5, 0.6) is 5.75 Å². The second-order valence-corrected chi connectivity index (χ2v) is 4.75. The monoisotopic (exact) mass is 371 g/mol. The van der Waals surface area contributed by atoms with Gasteiger partial charge in [0.15, 0.2) is 5.84 Å². The van der Waals surface area contributed by atoms with Crippen LogP contribution in [-0.4, -0.2) is 28.7 Å². The van der Waals surface area contributed by atoms with Gasteiger partial charge in [0, 0.05) is 10.5 Å². The van der Waals surface area contributed by atoms with Gasteiger partial charge in [-0.15, -0.1) is 0 Å². The van der Waals surface area contributed by atoms with Gasteiger partial charge in [-0.25, -0.2) is 0 Å². The molecule has 0 saturated carbocycles. The Morgan fingerprint density at radius 1 is 1.52 bits per heavy atom. The summed E-state index contributed by atoms with van der Waals surface area (Å²) in [5.74, 6) is -3.55. The van der Waals surface area contributed by atoms with Gasteiger partial charge in [-0.3, -0.25) is 10.1 Å². The topological polar surface area (TPSA) is 111 Å². The normalized spacial score (nSPS) is 13.8. The molecular weight excluding hydrogens is 363 g/mol. The molecule has 0 bridgehead atoms. The maximum atomic E-state index is 12.7. The molecule has 0 spiro atoms. The molecule has 0 radical (unpaired) electrons. The van der Waals surface area contributed by atoms with Gasteiger partial charge >= 0.3 is 6.18 Å². The Hall–Kier alpha value is -2.04. The molecule has 1 aromatic rings. The van der Waals surface area contributed by atoms with E-state index in [1.54, 1.807) is 0 Å². The number of halogens is 4. The van der Waals surface area contributed by atoms with E-state index in [1.807, 2.05) is 0 Å². The summed E-state index contributed by atoms with van der Waals surface area (Å²) in [4.78, 5) is 9.91. The number of amidine groups is 1. The Morgan fingerprint density at radius 2 is 2.14 bits per heavy atom. The van der Waals surface area contributed by atoms with Crippen molar-refractivity contribution in [3.63, 3.8) is 0 Å². The first-order valence-corrected chi connectivity index (χ1v) is 6.06. The van der Waals surface area contributed by atoms with Crippen molar-refractivity contribution < 1.29 is 28.0 Å². The molecule has 0 aliphatic heterocycles. The van der Waals surface area contributed by atoms with E-state index < -0.39 is 29.5 Å². The van der Waals surface area contributed by atoms with E-state index in [0.717, 1.165) is 12.1 Å². The van der Waals surface area contributed by atoms with E-state index >= 15 is 0 Å². The number of hydrogen-bond donors (Lipinski definition) is 2. The van der Waals surface area contributed by atoms with Gasteiger partial charge < -0.3 is 15.7 Å². The number of oxime groups is 1. The van der Waals surface area contributed by atoms with Crippen LogP contribution < -0.4 is 10.5 Å². The zero-order chi connectivity index (χ0) is 16.2. The van der Waals surface area contributed by atoms with Crippen molar-refractivity contribution in [1.29, 1.82) is 0 Å². The Labute approximate surface area is 124 Å². The van der Waals surface area contributed by atoms with Crippen molar-refractivity contribution in [2.24, 2.45) is 16.8 Å². The summed E-state index contributed by atoms with van der Waals surface area (Å²) in [6.07, 6.45) is -4.78. The first kappa shape index (κ1) is 17.0. The average molecular weight is 372 g/mol. The summed E-state index contributed by atoms with van der Waals surface area (Å²) in [7, 11) is 0. The summed E-state index contributed by atoms with van der Waals surface area (Å²) in [5, 5.41) is 21.3.